The lowest BCUT2D eigenvalue weighted by atomic mass is 9.98. The average molecular weight is 260 g/mol. The maximum Gasteiger partial charge on any atom is 0.253 e. The van der Waals surface area contributed by atoms with Gasteiger partial charge in [0.05, 0.1) is 0 Å². The predicted molar refractivity (Wildman–Crippen MR) is 79.1 cm³/mol. The fourth-order valence-electron chi connectivity index (χ4n) is 2.90. The Kier molecular flexibility index (Phi) is 4.46. The van der Waals surface area contributed by atoms with Crippen LogP contribution in [-0.2, 0) is 0 Å². The normalized spacial score (nSPS) is 20.1. The minimum Gasteiger partial charge on any atom is -0.399 e. The summed E-state index contributed by atoms with van der Waals surface area (Å²) in [7, 11) is 0. The van der Waals surface area contributed by atoms with Crippen molar-refractivity contribution < 1.29 is 4.79 Å². The molecule has 1 aliphatic heterocycles. The summed E-state index contributed by atoms with van der Waals surface area (Å²) in [4.78, 5) is 14.5. The molecule has 1 saturated heterocycles. The molecule has 1 aromatic rings. The smallest absolute Gasteiger partial charge is 0.253 e. The van der Waals surface area contributed by atoms with Gasteiger partial charge in [-0.3, -0.25) is 4.79 Å². The van der Waals surface area contributed by atoms with Crippen molar-refractivity contribution >= 4 is 11.6 Å². The fraction of sp³-hybridized carbons (Fsp3) is 0.562. The number of anilines is 1. The van der Waals surface area contributed by atoms with Crippen LogP contribution in [0.3, 0.4) is 0 Å². The Hall–Kier alpha value is -1.51. The van der Waals surface area contributed by atoms with Gasteiger partial charge in [-0.05, 0) is 55.9 Å². The molecule has 0 bridgehead atoms. The largest absolute Gasteiger partial charge is 0.399 e. The zero-order valence-corrected chi connectivity index (χ0v) is 12.0. The topological polar surface area (TPSA) is 46.3 Å². The molecule has 1 atom stereocenters. The number of nitrogens with zero attached hydrogens (tertiary/aromatic N) is 1. The first-order valence-electron chi connectivity index (χ1n) is 7.26. The van der Waals surface area contributed by atoms with Gasteiger partial charge in [-0.2, -0.15) is 0 Å². The van der Waals surface area contributed by atoms with Crippen LogP contribution in [0.2, 0.25) is 0 Å². The molecule has 1 aliphatic rings. The van der Waals surface area contributed by atoms with Gasteiger partial charge < -0.3 is 10.6 Å². The predicted octanol–water partition coefficient (Wildman–Crippen LogP) is 3.23. The highest BCUT2D eigenvalue weighted by atomic mass is 16.2. The first-order valence-corrected chi connectivity index (χ1v) is 7.26. The fourth-order valence-corrected chi connectivity index (χ4v) is 2.90. The van der Waals surface area contributed by atoms with Crippen LogP contribution in [0.1, 0.15) is 48.5 Å². The number of nitrogen functional groups attached to an aromatic ring is 1. The van der Waals surface area contributed by atoms with E-state index in [1.54, 1.807) is 6.07 Å². The van der Waals surface area contributed by atoms with Gasteiger partial charge in [-0.25, -0.2) is 0 Å². The number of aryl methyl sites for hydroxylation is 1. The molecular formula is C16H24N2O. The number of rotatable bonds is 2. The Bertz CT molecular complexity index is 436. The second-order valence-corrected chi connectivity index (χ2v) is 5.63. The Balaban J connectivity index is 2.10. The van der Waals surface area contributed by atoms with Gasteiger partial charge >= 0.3 is 0 Å². The molecule has 0 saturated carbocycles. The van der Waals surface area contributed by atoms with Crippen molar-refractivity contribution in [2.24, 2.45) is 5.92 Å². The van der Waals surface area contributed by atoms with Gasteiger partial charge in [-0.1, -0.05) is 13.3 Å². The lowest BCUT2D eigenvalue weighted by Gasteiger charge is -2.21. The number of benzene rings is 1. The van der Waals surface area contributed by atoms with Crippen LogP contribution in [0.15, 0.2) is 18.2 Å². The molecule has 104 valence electrons. The van der Waals surface area contributed by atoms with Gasteiger partial charge in [0.15, 0.2) is 0 Å². The number of carbonyl (C=O) groups excluding carboxylic acids is 1. The van der Waals surface area contributed by atoms with E-state index in [-0.39, 0.29) is 5.91 Å². The summed E-state index contributed by atoms with van der Waals surface area (Å²) in [5, 5.41) is 0. The molecule has 1 amide bonds. The van der Waals surface area contributed by atoms with E-state index in [2.05, 4.69) is 6.92 Å². The van der Waals surface area contributed by atoms with Crippen LogP contribution in [0, 0.1) is 12.8 Å². The molecule has 1 aromatic carbocycles. The summed E-state index contributed by atoms with van der Waals surface area (Å²) < 4.78 is 0. The number of carbonyl (C=O) groups is 1. The molecule has 0 aromatic heterocycles. The maximum atomic E-state index is 12.5. The zero-order chi connectivity index (χ0) is 13.8. The van der Waals surface area contributed by atoms with Crippen molar-refractivity contribution in [2.75, 3.05) is 18.8 Å². The summed E-state index contributed by atoms with van der Waals surface area (Å²) in [6.45, 7) is 5.97. The Morgan fingerprint density at radius 3 is 2.79 bits per heavy atom. The molecule has 0 aliphatic carbocycles. The van der Waals surface area contributed by atoms with Crippen LogP contribution in [-0.4, -0.2) is 23.9 Å². The highest BCUT2D eigenvalue weighted by Gasteiger charge is 2.21. The summed E-state index contributed by atoms with van der Waals surface area (Å²) in [5.74, 6) is 0.910. The van der Waals surface area contributed by atoms with Crippen molar-refractivity contribution in [1.29, 1.82) is 0 Å². The monoisotopic (exact) mass is 260 g/mol. The first-order chi connectivity index (χ1) is 9.10. The van der Waals surface area contributed by atoms with E-state index in [1.165, 1.54) is 12.8 Å². The van der Waals surface area contributed by atoms with E-state index in [9.17, 15) is 4.79 Å². The maximum absolute atomic E-state index is 12.5. The Morgan fingerprint density at radius 1 is 1.32 bits per heavy atom. The van der Waals surface area contributed by atoms with E-state index in [4.69, 9.17) is 5.73 Å². The molecule has 2 N–H and O–H groups in total. The second kappa shape index (κ2) is 6.09. The summed E-state index contributed by atoms with van der Waals surface area (Å²) in [6.07, 6.45) is 4.71. The lowest BCUT2D eigenvalue weighted by molar-refractivity contribution is 0.0760. The summed E-state index contributed by atoms with van der Waals surface area (Å²) >= 11 is 0. The third-order valence-electron chi connectivity index (χ3n) is 4.06. The first kappa shape index (κ1) is 13.9. The van der Waals surface area contributed by atoms with E-state index in [0.29, 0.717) is 5.69 Å². The van der Waals surface area contributed by atoms with E-state index in [1.807, 2.05) is 24.0 Å². The van der Waals surface area contributed by atoms with Crippen LogP contribution < -0.4 is 5.73 Å². The molecule has 0 spiro atoms. The molecule has 1 heterocycles. The molecule has 3 nitrogen and oxygen atoms in total. The number of hydrogen-bond acceptors (Lipinski definition) is 2. The van der Waals surface area contributed by atoms with Crippen molar-refractivity contribution in [3.05, 3.63) is 29.3 Å². The minimum atomic E-state index is 0.132. The van der Waals surface area contributed by atoms with Crippen molar-refractivity contribution in [1.82, 2.24) is 4.90 Å². The van der Waals surface area contributed by atoms with Gasteiger partial charge in [0, 0.05) is 24.3 Å². The van der Waals surface area contributed by atoms with Crippen LogP contribution in [0.4, 0.5) is 5.69 Å². The van der Waals surface area contributed by atoms with E-state index in [0.717, 1.165) is 43.0 Å². The van der Waals surface area contributed by atoms with Crippen molar-refractivity contribution in [3.63, 3.8) is 0 Å². The molecule has 2 rings (SSSR count). The summed E-state index contributed by atoms with van der Waals surface area (Å²) in [5.41, 5.74) is 8.28. The Morgan fingerprint density at radius 2 is 2.11 bits per heavy atom. The molecule has 0 radical (unpaired) electrons. The molecule has 1 unspecified atom stereocenters. The second-order valence-electron chi connectivity index (χ2n) is 5.63. The SMILES string of the molecule is CCC1CCCN(C(=O)c2cc(C)cc(N)c2)CC1. The van der Waals surface area contributed by atoms with Crippen LogP contribution in [0.5, 0.6) is 0 Å². The Labute approximate surface area is 115 Å². The standard InChI is InChI=1S/C16H24N2O/c1-3-13-5-4-7-18(8-6-13)16(19)14-9-12(2)10-15(17)11-14/h9-11,13H,3-8,17H2,1-2H3. The van der Waals surface area contributed by atoms with Crippen LogP contribution >= 0.6 is 0 Å². The highest BCUT2D eigenvalue weighted by Crippen LogP contribution is 2.22. The highest BCUT2D eigenvalue weighted by molar-refractivity contribution is 5.95. The van der Waals surface area contributed by atoms with Crippen LogP contribution in [0.25, 0.3) is 0 Å². The van der Waals surface area contributed by atoms with Gasteiger partial charge in [0.25, 0.3) is 5.91 Å². The molecule has 3 heteroatoms. The molecule has 19 heavy (non-hydrogen) atoms. The number of amides is 1. The lowest BCUT2D eigenvalue weighted by Crippen LogP contribution is -2.32. The molecular weight excluding hydrogens is 236 g/mol. The van der Waals surface area contributed by atoms with Gasteiger partial charge in [0.1, 0.15) is 0 Å². The molecule has 1 fully saturated rings. The average Bonchev–Trinajstić information content (AvgIpc) is 2.61. The summed E-state index contributed by atoms with van der Waals surface area (Å²) in [6, 6.07) is 5.62. The van der Waals surface area contributed by atoms with E-state index >= 15 is 0 Å². The zero-order valence-electron chi connectivity index (χ0n) is 12.0. The van der Waals surface area contributed by atoms with Gasteiger partial charge in [0.2, 0.25) is 0 Å². The quantitative estimate of drug-likeness (QED) is 0.830. The van der Waals surface area contributed by atoms with Gasteiger partial charge in [-0.15, -0.1) is 0 Å². The number of likely N-dealkylation sites (tertiary alicyclic amines) is 1. The minimum absolute atomic E-state index is 0.132. The number of nitrogens with two attached hydrogens (primary N) is 1. The van der Waals surface area contributed by atoms with Crippen molar-refractivity contribution in [3.8, 4) is 0 Å². The third kappa shape index (κ3) is 3.49. The van der Waals surface area contributed by atoms with Crippen molar-refractivity contribution in [2.45, 2.75) is 39.5 Å². The third-order valence-corrected chi connectivity index (χ3v) is 4.06. The van der Waals surface area contributed by atoms with E-state index < -0.39 is 0 Å². The number of hydrogen-bond donors (Lipinski definition) is 1.